The summed E-state index contributed by atoms with van der Waals surface area (Å²) in [6.07, 6.45) is 1.48. The molecule has 28 heavy (non-hydrogen) atoms. The molecule has 0 atom stereocenters. The maximum atomic E-state index is 12.2. The molecule has 0 fully saturated rings. The van der Waals surface area contributed by atoms with E-state index in [4.69, 9.17) is 39.5 Å². The van der Waals surface area contributed by atoms with Gasteiger partial charge in [-0.25, -0.2) is 8.42 Å². The lowest BCUT2D eigenvalue weighted by atomic mass is 10.2. The number of hydrogen-bond donors (Lipinski definition) is 1. The Kier molecular flexibility index (Phi) is 7.83. The molecule has 2 aromatic rings. The third-order valence-corrected chi connectivity index (χ3v) is 5.85. The number of sulfonamides is 1. The zero-order chi connectivity index (χ0) is 20.9. The van der Waals surface area contributed by atoms with Crippen molar-refractivity contribution in [2.24, 2.45) is 0 Å². The number of hydrogen-bond acceptors (Lipinski definition) is 4. The van der Waals surface area contributed by atoms with Gasteiger partial charge in [0, 0.05) is 18.0 Å². The van der Waals surface area contributed by atoms with Crippen LogP contribution in [0.3, 0.4) is 0 Å². The number of nitrogens with one attached hydrogen (secondary N) is 1. The highest BCUT2D eigenvalue weighted by Gasteiger charge is 2.19. The Morgan fingerprint density at radius 2 is 1.82 bits per heavy atom. The standard InChI is InChI=1S/C18H19Cl3N2O4S/c1-27-17-8-6-13(11-15(17)21)23(28(2,25)26)9-3-4-18(24)22-16-10-12(19)5-7-14(16)20/h5-8,10-11H,3-4,9H2,1-2H3,(H,22,24). The molecule has 1 amide bonds. The van der Waals surface area contributed by atoms with E-state index >= 15 is 0 Å². The van der Waals surface area contributed by atoms with Gasteiger partial charge in [0.1, 0.15) is 5.75 Å². The van der Waals surface area contributed by atoms with E-state index < -0.39 is 10.0 Å². The molecule has 0 aliphatic rings. The van der Waals surface area contributed by atoms with Crippen molar-refractivity contribution < 1.29 is 17.9 Å². The molecule has 0 spiro atoms. The zero-order valence-corrected chi connectivity index (χ0v) is 18.3. The number of halogens is 3. The molecular formula is C18H19Cl3N2O4S. The van der Waals surface area contributed by atoms with Crippen LogP contribution in [0.2, 0.25) is 15.1 Å². The van der Waals surface area contributed by atoms with Gasteiger partial charge in [0.15, 0.2) is 0 Å². The van der Waals surface area contributed by atoms with Crippen LogP contribution in [0.25, 0.3) is 0 Å². The molecule has 1 N–H and O–H groups in total. The summed E-state index contributed by atoms with van der Waals surface area (Å²) in [7, 11) is -2.09. The molecule has 6 nitrogen and oxygen atoms in total. The van der Waals surface area contributed by atoms with Gasteiger partial charge in [0.25, 0.3) is 0 Å². The number of amides is 1. The van der Waals surface area contributed by atoms with Crippen molar-refractivity contribution in [3.05, 3.63) is 51.5 Å². The van der Waals surface area contributed by atoms with E-state index in [-0.39, 0.29) is 18.9 Å². The maximum Gasteiger partial charge on any atom is 0.232 e. The largest absolute Gasteiger partial charge is 0.495 e. The van der Waals surface area contributed by atoms with E-state index in [1.165, 1.54) is 17.5 Å². The summed E-state index contributed by atoms with van der Waals surface area (Å²) in [5.74, 6) is 0.141. The number of carbonyl (C=O) groups excluding carboxylic acids is 1. The molecule has 2 rings (SSSR count). The van der Waals surface area contributed by atoms with Gasteiger partial charge in [-0.05, 0) is 42.8 Å². The monoisotopic (exact) mass is 464 g/mol. The van der Waals surface area contributed by atoms with Crippen LogP contribution >= 0.6 is 34.8 Å². The minimum absolute atomic E-state index is 0.0960. The first-order chi connectivity index (χ1) is 13.1. The van der Waals surface area contributed by atoms with Crippen LogP contribution in [0.1, 0.15) is 12.8 Å². The number of rotatable bonds is 8. The van der Waals surface area contributed by atoms with E-state index in [9.17, 15) is 13.2 Å². The molecule has 0 aromatic heterocycles. The summed E-state index contributed by atoms with van der Waals surface area (Å²) < 4.78 is 30.6. The minimum atomic E-state index is -3.56. The second-order valence-corrected chi connectivity index (χ2v) is 9.09. The smallest absolute Gasteiger partial charge is 0.232 e. The molecule has 0 bridgehead atoms. The first kappa shape index (κ1) is 22.6. The normalized spacial score (nSPS) is 11.2. The lowest BCUT2D eigenvalue weighted by Gasteiger charge is -2.23. The van der Waals surface area contributed by atoms with Gasteiger partial charge in [-0.3, -0.25) is 9.10 Å². The van der Waals surface area contributed by atoms with Gasteiger partial charge >= 0.3 is 0 Å². The van der Waals surface area contributed by atoms with Crippen molar-refractivity contribution in [3.8, 4) is 5.75 Å². The molecule has 0 aliphatic carbocycles. The van der Waals surface area contributed by atoms with E-state index in [1.54, 1.807) is 30.3 Å². The van der Waals surface area contributed by atoms with Crippen LogP contribution in [0.4, 0.5) is 11.4 Å². The number of ether oxygens (including phenoxy) is 1. The van der Waals surface area contributed by atoms with E-state index in [0.29, 0.717) is 38.6 Å². The lowest BCUT2D eigenvalue weighted by Crippen LogP contribution is -2.31. The van der Waals surface area contributed by atoms with Gasteiger partial charge in [0.05, 0.1) is 34.8 Å². The van der Waals surface area contributed by atoms with Crippen LogP contribution in [0.15, 0.2) is 36.4 Å². The maximum absolute atomic E-state index is 12.2. The van der Waals surface area contributed by atoms with Crippen molar-refractivity contribution in [1.82, 2.24) is 0 Å². The Morgan fingerprint density at radius 1 is 1.11 bits per heavy atom. The van der Waals surface area contributed by atoms with Crippen LogP contribution in [-0.2, 0) is 14.8 Å². The van der Waals surface area contributed by atoms with E-state index in [2.05, 4.69) is 5.32 Å². The third-order valence-electron chi connectivity index (χ3n) is 3.79. The summed E-state index contributed by atoms with van der Waals surface area (Å²) in [5.41, 5.74) is 0.799. The van der Waals surface area contributed by atoms with E-state index in [1.807, 2.05) is 0 Å². The van der Waals surface area contributed by atoms with Gasteiger partial charge in [0.2, 0.25) is 15.9 Å². The van der Waals surface area contributed by atoms with Crippen molar-refractivity contribution in [1.29, 1.82) is 0 Å². The van der Waals surface area contributed by atoms with Crippen LogP contribution < -0.4 is 14.4 Å². The van der Waals surface area contributed by atoms with Gasteiger partial charge in [-0.1, -0.05) is 34.8 Å². The Hall–Kier alpha value is -1.67. The molecule has 152 valence electrons. The van der Waals surface area contributed by atoms with Crippen molar-refractivity contribution in [2.75, 3.05) is 29.5 Å². The third kappa shape index (κ3) is 6.17. The van der Waals surface area contributed by atoms with Crippen molar-refractivity contribution in [3.63, 3.8) is 0 Å². The number of nitrogens with zero attached hydrogens (tertiary/aromatic N) is 1. The van der Waals surface area contributed by atoms with Crippen molar-refractivity contribution >= 4 is 62.1 Å². The van der Waals surface area contributed by atoms with Gasteiger partial charge in [-0.2, -0.15) is 0 Å². The number of benzene rings is 2. The van der Waals surface area contributed by atoms with Gasteiger partial charge < -0.3 is 10.1 Å². The summed E-state index contributed by atoms with van der Waals surface area (Å²) in [6, 6.07) is 9.43. The fraction of sp³-hybridized carbons (Fsp3) is 0.278. The second-order valence-electron chi connectivity index (χ2n) is 5.93. The minimum Gasteiger partial charge on any atom is -0.495 e. The lowest BCUT2D eigenvalue weighted by molar-refractivity contribution is -0.116. The topological polar surface area (TPSA) is 75.7 Å². The fourth-order valence-corrected chi connectivity index (χ4v) is 4.03. The first-order valence-corrected chi connectivity index (χ1v) is 11.2. The first-order valence-electron chi connectivity index (χ1n) is 8.18. The highest BCUT2D eigenvalue weighted by molar-refractivity contribution is 7.92. The van der Waals surface area contributed by atoms with Crippen LogP contribution in [0.5, 0.6) is 5.75 Å². The number of carbonyl (C=O) groups is 1. The van der Waals surface area contributed by atoms with Crippen LogP contribution in [0, 0.1) is 0 Å². The number of methoxy groups -OCH3 is 1. The van der Waals surface area contributed by atoms with Gasteiger partial charge in [-0.15, -0.1) is 0 Å². The quantitative estimate of drug-likeness (QED) is 0.605. The summed E-state index contributed by atoms with van der Waals surface area (Å²) >= 11 is 18.0. The number of anilines is 2. The molecule has 0 aliphatic heterocycles. The Bertz CT molecular complexity index is 967. The van der Waals surface area contributed by atoms with E-state index in [0.717, 1.165) is 6.26 Å². The molecule has 0 radical (unpaired) electrons. The average molecular weight is 466 g/mol. The molecule has 2 aromatic carbocycles. The summed E-state index contributed by atoms with van der Waals surface area (Å²) in [4.78, 5) is 12.2. The Morgan fingerprint density at radius 3 is 2.43 bits per heavy atom. The predicted octanol–water partition coefficient (Wildman–Crippen LogP) is 4.84. The predicted molar refractivity (Wildman–Crippen MR) is 115 cm³/mol. The fourth-order valence-electron chi connectivity index (χ4n) is 2.49. The van der Waals surface area contributed by atoms with Crippen LogP contribution in [-0.4, -0.2) is 34.2 Å². The summed E-state index contributed by atoms with van der Waals surface area (Å²) in [6.45, 7) is 0.109. The zero-order valence-electron chi connectivity index (χ0n) is 15.2. The highest BCUT2D eigenvalue weighted by atomic mass is 35.5. The van der Waals surface area contributed by atoms with Crippen molar-refractivity contribution in [2.45, 2.75) is 12.8 Å². The summed E-state index contributed by atoms with van der Waals surface area (Å²) in [5, 5.41) is 3.77. The Balaban J connectivity index is 2.03. The Labute approximate surface area is 179 Å². The average Bonchev–Trinajstić information content (AvgIpc) is 2.60. The molecule has 0 saturated carbocycles. The molecular weight excluding hydrogens is 447 g/mol. The molecule has 0 unspecified atom stereocenters. The second kappa shape index (κ2) is 9.69. The molecule has 0 heterocycles. The SMILES string of the molecule is COc1ccc(N(CCCC(=O)Nc2cc(Cl)ccc2Cl)S(C)(=O)=O)cc1Cl. The molecule has 0 saturated heterocycles. The molecule has 10 heteroatoms. The highest BCUT2D eigenvalue weighted by Crippen LogP contribution is 2.30.